The number of nitrogens with zero attached hydrogens (tertiary/aromatic N) is 1. The zero-order valence-electron chi connectivity index (χ0n) is 13.4. The van der Waals surface area contributed by atoms with E-state index in [1.165, 1.54) is 17.0 Å². The van der Waals surface area contributed by atoms with Gasteiger partial charge in [-0.2, -0.15) is 0 Å². The van der Waals surface area contributed by atoms with Crippen LogP contribution in [-0.2, 0) is 4.79 Å². The van der Waals surface area contributed by atoms with Crippen LogP contribution in [0.2, 0.25) is 0 Å². The normalized spacial score (nSPS) is 15.8. The van der Waals surface area contributed by atoms with Crippen LogP contribution in [0.3, 0.4) is 0 Å². The molecule has 4 nitrogen and oxygen atoms in total. The molecule has 2 aromatic carbocycles. The van der Waals surface area contributed by atoms with Gasteiger partial charge in [-0.1, -0.05) is 54.3 Å². The van der Waals surface area contributed by atoms with Crippen molar-refractivity contribution in [3.8, 4) is 5.75 Å². The molecule has 0 bridgehead atoms. The molecule has 1 N–H and O–H groups in total. The van der Waals surface area contributed by atoms with Crippen molar-refractivity contribution in [2.24, 2.45) is 0 Å². The van der Waals surface area contributed by atoms with Gasteiger partial charge in [-0.25, -0.2) is 4.39 Å². The number of anilines is 1. The fraction of sp³-hybridized carbons (Fsp3) is 0.111. The van der Waals surface area contributed by atoms with E-state index in [-0.39, 0.29) is 18.4 Å². The zero-order valence-corrected chi connectivity index (χ0v) is 15.0. The number of carbonyl (C=O) groups is 1. The topological polar surface area (TPSA) is 41.6 Å². The van der Waals surface area contributed by atoms with Gasteiger partial charge in [0.15, 0.2) is 0 Å². The summed E-state index contributed by atoms with van der Waals surface area (Å²) in [5, 5.41) is 3.14. The van der Waals surface area contributed by atoms with Crippen LogP contribution in [0.25, 0.3) is 6.08 Å². The second kappa shape index (κ2) is 7.67. The Labute approximate surface area is 154 Å². The third-order valence-electron chi connectivity index (χ3n) is 3.60. The average molecular weight is 374 g/mol. The summed E-state index contributed by atoms with van der Waals surface area (Å²) in [6, 6.07) is 13.7. The van der Waals surface area contributed by atoms with E-state index in [0.29, 0.717) is 20.5 Å². The van der Waals surface area contributed by atoms with E-state index in [9.17, 15) is 9.18 Å². The number of benzene rings is 2. The largest absolute Gasteiger partial charge is 0.495 e. The van der Waals surface area contributed by atoms with Gasteiger partial charge in [0.25, 0.3) is 5.91 Å². The summed E-state index contributed by atoms with van der Waals surface area (Å²) in [5.74, 6) is 0.0513. The first kappa shape index (κ1) is 17.4. The monoisotopic (exact) mass is 374 g/mol. The molecule has 0 saturated carbocycles. The minimum absolute atomic E-state index is 0.208. The van der Waals surface area contributed by atoms with E-state index < -0.39 is 0 Å². The Morgan fingerprint density at radius 1 is 1.24 bits per heavy atom. The maximum absolute atomic E-state index is 13.8. The Morgan fingerprint density at radius 3 is 2.72 bits per heavy atom. The number of ether oxygens (including phenoxy) is 1. The van der Waals surface area contributed by atoms with Gasteiger partial charge in [0.2, 0.25) is 0 Å². The van der Waals surface area contributed by atoms with Crippen LogP contribution in [0.15, 0.2) is 53.4 Å². The highest BCUT2D eigenvalue weighted by atomic mass is 32.2. The van der Waals surface area contributed by atoms with Crippen molar-refractivity contribution in [3.63, 3.8) is 0 Å². The third kappa shape index (κ3) is 3.83. The molecule has 0 atom stereocenters. The molecule has 0 spiro atoms. The van der Waals surface area contributed by atoms with Crippen LogP contribution in [0, 0.1) is 5.82 Å². The van der Waals surface area contributed by atoms with Gasteiger partial charge in [0.1, 0.15) is 15.9 Å². The lowest BCUT2D eigenvalue weighted by Gasteiger charge is -2.17. The first-order valence-corrected chi connectivity index (χ1v) is 8.69. The van der Waals surface area contributed by atoms with Gasteiger partial charge in [-0.05, 0) is 24.3 Å². The van der Waals surface area contributed by atoms with Gasteiger partial charge in [-0.3, -0.25) is 9.69 Å². The van der Waals surface area contributed by atoms with Crippen molar-refractivity contribution >= 4 is 46.0 Å². The first-order chi connectivity index (χ1) is 12.1. The van der Waals surface area contributed by atoms with Crippen LogP contribution in [0.1, 0.15) is 5.56 Å². The summed E-state index contributed by atoms with van der Waals surface area (Å²) < 4.78 is 19.5. The number of nitrogens with one attached hydrogen (secondary N) is 1. The number of carbonyl (C=O) groups excluding carboxylic acids is 1. The van der Waals surface area contributed by atoms with E-state index in [1.54, 1.807) is 25.3 Å². The lowest BCUT2D eigenvalue weighted by molar-refractivity contribution is -0.121. The van der Waals surface area contributed by atoms with Crippen molar-refractivity contribution in [1.82, 2.24) is 4.90 Å². The molecule has 25 heavy (non-hydrogen) atoms. The predicted octanol–water partition coefficient (Wildman–Crippen LogP) is 4.11. The Bertz CT molecular complexity index is 854. The van der Waals surface area contributed by atoms with E-state index in [4.69, 9.17) is 17.0 Å². The van der Waals surface area contributed by atoms with Crippen LogP contribution >= 0.6 is 24.0 Å². The summed E-state index contributed by atoms with van der Waals surface area (Å²) in [6.07, 6.45) is 1.53. The molecule has 1 fully saturated rings. The van der Waals surface area contributed by atoms with E-state index in [1.807, 2.05) is 24.3 Å². The van der Waals surface area contributed by atoms with Gasteiger partial charge in [-0.15, -0.1) is 0 Å². The van der Waals surface area contributed by atoms with Crippen molar-refractivity contribution in [2.75, 3.05) is 19.1 Å². The molecular formula is C18H15FN2O2S2. The molecule has 1 amide bonds. The number of methoxy groups -OCH3 is 1. The molecule has 0 unspecified atom stereocenters. The quantitative estimate of drug-likeness (QED) is 0.630. The molecule has 7 heteroatoms. The average Bonchev–Trinajstić information content (AvgIpc) is 2.89. The number of thioether (sulfide) groups is 1. The van der Waals surface area contributed by atoms with Crippen LogP contribution in [0.4, 0.5) is 10.1 Å². The second-order valence-electron chi connectivity index (χ2n) is 5.17. The van der Waals surface area contributed by atoms with Crippen LogP contribution in [0.5, 0.6) is 5.75 Å². The standard InChI is InChI=1S/C18H15FN2O2S2/c1-23-15-9-5-4-8-14(15)20-11-21-17(22)16(25-18(21)24)10-12-6-2-3-7-13(12)19/h2-10,20H,11H2,1H3/b16-10+. The van der Waals surface area contributed by atoms with Crippen LogP contribution < -0.4 is 10.1 Å². The number of thiocarbonyl (C=S) groups is 1. The zero-order chi connectivity index (χ0) is 17.8. The summed E-state index contributed by atoms with van der Waals surface area (Å²) in [5.41, 5.74) is 1.12. The third-order valence-corrected chi connectivity index (χ3v) is 4.98. The van der Waals surface area contributed by atoms with Gasteiger partial charge < -0.3 is 10.1 Å². The predicted molar refractivity (Wildman–Crippen MR) is 103 cm³/mol. The second-order valence-corrected chi connectivity index (χ2v) is 6.84. The molecule has 1 aliphatic rings. The summed E-state index contributed by atoms with van der Waals surface area (Å²) in [7, 11) is 1.58. The SMILES string of the molecule is COc1ccccc1NCN1C(=O)/C(=C\c2ccccc2F)SC1=S. The lowest BCUT2D eigenvalue weighted by Crippen LogP contribution is -2.33. The Balaban J connectivity index is 1.75. The number of hydrogen-bond donors (Lipinski definition) is 1. The lowest BCUT2D eigenvalue weighted by atomic mass is 10.2. The molecule has 0 aromatic heterocycles. The number of amides is 1. The first-order valence-electron chi connectivity index (χ1n) is 7.47. The number of para-hydroxylation sites is 2. The fourth-order valence-corrected chi connectivity index (χ4v) is 3.57. The molecular weight excluding hydrogens is 359 g/mol. The number of halogens is 1. The van der Waals surface area contributed by atoms with Crippen molar-refractivity contribution in [1.29, 1.82) is 0 Å². The maximum Gasteiger partial charge on any atom is 0.267 e. The van der Waals surface area contributed by atoms with Crippen molar-refractivity contribution < 1.29 is 13.9 Å². The van der Waals surface area contributed by atoms with E-state index in [2.05, 4.69) is 5.32 Å². The minimum Gasteiger partial charge on any atom is -0.495 e. The highest BCUT2D eigenvalue weighted by Gasteiger charge is 2.32. The van der Waals surface area contributed by atoms with Gasteiger partial charge in [0, 0.05) is 5.56 Å². The highest BCUT2D eigenvalue weighted by molar-refractivity contribution is 8.26. The summed E-state index contributed by atoms with van der Waals surface area (Å²) >= 11 is 6.44. The number of rotatable bonds is 5. The Morgan fingerprint density at radius 2 is 1.96 bits per heavy atom. The molecule has 1 aliphatic heterocycles. The van der Waals surface area contributed by atoms with Gasteiger partial charge in [0.05, 0.1) is 24.4 Å². The smallest absolute Gasteiger partial charge is 0.267 e. The fourth-order valence-electron chi connectivity index (χ4n) is 2.32. The van der Waals surface area contributed by atoms with E-state index >= 15 is 0 Å². The van der Waals surface area contributed by atoms with Gasteiger partial charge >= 0.3 is 0 Å². The molecule has 0 radical (unpaired) electrons. The molecule has 1 saturated heterocycles. The summed E-state index contributed by atoms with van der Waals surface area (Å²) in [4.78, 5) is 14.4. The number of hydrogen-bond acceptors (Lipinski definition) is 5. The Kier molecular flexibility index (Phi) is 5.35. The van der Waals surface area contributed by atoms with Crippen molar-refractivity contribution in [3.05, 3.63) is 64.8 Å². The molecule has 128 valence electrons. The highest BCUT2D eigenvalue weighted by Crippen LogP contribution is 2.33. The molecule has 0 aliphatic carbocycles. The van der Waals surface area contributed by atoms with Crippen molar-refractivity contribution in [2.45, 2.75) is 0 Å². The molecule has 2 aromatic rings. The van der Waals surface area contributed by atoms with E-state index in [0.717, 1.165) is 17.4 Å². The molecule has 3 rings (SSSR count). The Hall–Kier alpha value is -2.38. The summed E-state index contributed by atoms with van der Waals surface area (Å²) in [6.45, 7) is 0.208. The minimum atomic E-state index is -0.375. The van der Waals surface area contributed by atoms with Crippen LogP contribution in [-0.4, -0.2) is 28.9 Å². The molecule has 1 heterocycles. The maximum atomic E-state index is 13.8.